The van der Waals surface area contributed by atoms with Gasteiger partial charge in [0.2, 0.25) is 0 Å². The van der Waals surface area contributed by atoms with E-state index in [1.54, 1.807) is 13.8 Å². The van der Waals surface area contributed by atoms with Crippen LogP contribution in [0.3, 0.4) is 0 Å². The van der Waals surface area contributed by atoms with Crippen LogP contribution < -0.4 is 5.32 Å². The molecule has 0 spiro atoms. The average Bonchev–Trinajstić information content (AvgIpc) is 2.24. The predicted octanol–water partition coefficient (Wildman–Crippen LogP) is 2.68. The van der Waals surface area contributed by atoms with Gasteiger partial charge in [0.25, 0.3) is 0 Å². The number of hydrogen-bond acceptors (Lipinski definition) is 2. The van der Waals surface area contributed by atoms with E-state index < -0.39 is 17.2 Å². The zero-order chi connectivity index (χ0) is 13.5. The summed E-state index contributed by atoms with van der Waals surface area (Å²) in [6.07, 6.45) is 0. The highest BCUT2D eigenvalue weighted by Crippen LogP contribution is 2.41. The Morgan fingerprint density at radius 1 is 1.22 bits per heavy atom. The van der Waals surface area contributed by atoms with Gasteiger partial charge >= 0.3 is 0 Å². The molecular weight excluding hydrogens is 260 g/mol. The Labute approximate surface area is 110 Å². The molecule has 0 aliphatic carbocycles. The summed E-state index contributed by atoms with van der Waals surface area (Å²) < 4.78 is 28.0. The van der Waals surface area contributed by atoms with Gasteiger partial charge in [0.05, 0.1) is 5.56 Å². The van der Waals surface area contributed by atoms with E-state index in [9.17, 15) is 13.9 Å². The van der Waals surface area contributed by atoms with Gasteiger partial charge in [-0.25, -0.2) is 8.78 Å². The molecule has 0 radical (unpaired) electrons. The van der Waals surface area contributed by atoms with E-state index in [0.29, 0.717) is 13.1 Å². The highest BCUT2D eigenvalue weighted by atomic mass is 35.5. The number of aliphatic hydroxyl groups is 1. The topological polar surface area (TPSA) is 32.3 Å². The summed E-state index contributed by atoms with van der Waals surface area (Å²) >= 11 is 5.61. The van der Waals surface area contributed by atoms with Crippen molar-refractivity contribution >= 4 is 11.6 Å². The van der Waals surface area contributed by atoms with Crippen LogP contribution in [0, 0.1) is 23.5 Å². The lowest BCUT2D eigenvalue weighted by atomic mass is 9.71. The van der Waals surface area contributed by atoms with Crippen molar-refractivity contribution in [3.05, 3.63) is 34.4 Å². The van der Waals surface area contributed by atoms with Gasteiger partial charge in [0, 0.05) is 29.9 Å². The highest BCUT2D eigenvalue weighted by Gasteiger charge is 2.46. The largest absolute Gasteiger partial charge is 0.384 e. The van der Waals surface area contributed by atoms with Crippen molar-refractivity contribution in [2.45, 2.75) is 19.4 Å². The van der Waals surface area contributed by atoms with Crippen LogP contribution in [0.5, 0.6) is 0 Å². The summed E-state index contributed by atoms with van der Waals surface area (Å²) in [5.74, 6) is -2.15. The molecule has 0 saturated carbocycles. The van der Waals surface area contributed by atoms with Gasteiger partial charge in [-0.2, -0.15) is 0 Å². The Balaban J connectivity index is 2.58. The quantitative estimate of drug-likeness (QED) is 0.826. The number of hydrogen-bond donors (Lipinski definition) is 2. The fourth-order valence-electron chi connectivity index (χ4n) is 2.73. The number of nitrogens with one attached hydrogen (secondary N) is 1. The first-order valence-corrected chi connectivity index (χ1v) is 6.33. The van der Waals surface area contributed by atoms with E-state index in [1.165, 1.54) is 0 Å². The van der Waals surface area contributed by atoms with Crippen molar-refractivity contribution in [2.75, 3.05) is 13.1 Å². The summed E-state index contributed by atoms with van der Waals surface area (Å²) in [6.45, 7) is 4.58. The summed E-state index contributed by atoms with van der Waals surface area (Å²) in [6, 6.07) is 2.08. The van der Waals surface area contributed by atoms with Crippen molar-refractivity contribution < 1.29 is 13.9 Å². The van der Waals surface area contributed by atoms with Crippen molar-refractivity contribution in [3.63, 3.8) is 0 Å². The van der Waals surface area contributed by atoms with E-state index in [2.05, 4.69) is 5.32 Å². The van der Waals surface area contributed by atoms with Crippen LogP contribution in [-0.2, 0) is 5.60 Å². The standard InChI is InChI=1S/C13H16ClF2NO/c1-7-5-17-6-8(2)13(7,18)12-10(15)3-9(14)4-11(12)16/h3-4,7-8,17-18H,5-6H2,1-2H3/t7-,8+,13-. The van der Waals surface area contributed by atoms with Gasteiger partial charge in [-0.1, -0.05) is 25.4 Å². The van der Waals surface area contributed by atoms with Crippen molar-refractivity contribution in [1.29, 1.82) is 0 Å². The maximum Gasteiger partial charge on any atom is 0.133 e. The molecule has 1 heterocycles. The molecule has 0 bridgehead atoms. The molecule has 0 unspecified atom stereocenters. The zero-order valence-corrected chi connectivity index (χ0v) is 11.1. The molecule has 1 aromatic carbocycles. The molecule has 18 heavy (non-hydrogen) atoms. The van der Waals surface area contributed by atoms with E-state index in [4.69, 9.17) is 11.6 Å². The molecule has 2 rings (SSSR count). The smallest absolute Gasteiger partial charge is 0.133 e. The maximum atomic E-state index is 14.0. The molecule has 100 valence electrons. The van der Waals surface area contributed by atoms with Gasteiger partial charge in [-0.15, -0.1) is 0 Å². The van der Waals surface area contributed by atoms with E-state index in [-0.39, 0.29) is 22.4 Å². The lowest BCUT2D eigenvalue weighted by Gasteiger charge is -2.44. The Kier molecular flexibility index (Phi) is 3.63. The van der Waals surface area contributed by atoms with Crippen molar-refractivity contribution in [3.8, 4) is 0 Å². The van der Waals surface area contributed by atoms with Crippen LogP contribution in [0.1, 0.15) is 19.4 Å². The van der Waals surface area contributed by atoms with Gasteiger partial charge in [-0.3, -0.25) is 0 Å². The average molecular weight is 276 g/mol. The summed E-state index contributed by atoms with van der Waals surface area (Å²) in [5.41, 5.74) is -1.78. The minimum atomic E-state index is -1.51. The molecule has 0 aromatic heterocycles. The van der Waals surface area contributed by atoms with Gasteiger partial charge in [0.15, 0.2) is 0 Å². The van der Waals surface area contributed by atoms with Crippen LogP contribution in [-0.4, -0.2) is 18.2 Å². The first-order chi connectivity index (χ1) is 8.37. The lowest BCUT2D eigenvalue weighted by molar-refractivity contribution is -0.0856. The fourth-order valence-corrected chi connectivity index (χ4v) is 2.92. The minimum Gasteiger partial charge on any atom is -0.384 e. The van der Waals surface area contributed by atoms with Gasteiger partial charge in [-0.05, 0) is 12.1 Å². The van der Waals surface area contributed by atoms with Gasteiger partial charge < -0.3 is 10.4 Å². The molecule has 2 N–H and O–H groups in total. The summed E-state index contributed by atoms with van der Waals surface area (Å²) in [5, 5.41) is 13.9. The number of benzene rings is 1. The van der Waals surface area contributed by atoms with Crippen LogP contribution in [0.15, 0.2) is 12.1 Å². The summed E-state index contributed by atoms with van der Waals surface area (Å²) in [4.78, 5) is 0. The second-order valence-electron chi connectivity index (χ2n) is 5.03. The Morgan fingerprint density at radius 3 is 2.11 bits per heavy atom. The number of rotatable bonds is 1. The van der Waals surface area contributed by atoms with Crippen LogP contribution in [0.2, 0.25) is 5.02 Å². The molecule has 1 aliphatic rings. The molecule has 0 amide bonds. The molecule has 2 nitrogen and oxygen atoms in total. The summed E-state index contributed by atoms with van der Waals surface area (Å²) in [7, 11) is 0. The lowest BCUT2D eigenvalue weighted by Crippen LogP contribution is -2.53. The molecule has 5 heteroatoms. The fraction of sp³-hybridized carbons (Fsp3) is 0.538. The second-order valence-corrected chi connectivity index (χ2v) is 5.47. The number of piperidine rings is 1. The molecular formula is C13H16ClF2NO. The molecule has 1 aromatic rings. The molecule has 3 atom stereocenters. The zero-order valence-electron chi connectivity index (χ0n) is 10.3. The molecule has 1 aliphatic heterocycles. The Morgan fingerprint density at radius 2 is 1.67 bits per heavy atom. The van der Waals surface area contributed by atoms with Crippen molar-refractivity contribution in [1.82, 2.24) is 5.32 Å². The van der Waals surface area contributed by atoms with Crippen LogP contribution in [0.4, 0.5) is 8.78 Å². The molecule has 1 fully saturated rings. The molecule has 1 saturated heterocycles. The van der Waals surface area contributed by atoms with Gasteiger partial charge in [0.1, 0.15) is 17.2 Å². The monoisotopic (exact) mass is 275 g/mol. The van der Waals surface area contributed by atoms with E-state index in [1.807, 2.05) is 0 Å². The van der Waals surface area contributed by atoms with E-state index >= 15 is 0 Å². The SMILES string of the molecule is C[C@@H]1CNC[C@H](C)[C@@]1(O)c1c(F)cc(Cl)cc1F. The van der Waals surface area contributed by atoms with Crippen LogP contribution in [0.25, 0.3) is 0 Å². The highest BCUT2D eigenvalue weighted by molar-refractivity contribution is 6.30. The third-order valence-corrected chi connectivity index (χ3v) is 4.03. The Hall–Kier alpha value is -0.710. The third-order valence-electron chi connectivity index (χ3n) is 3.81. The first kappa shape index (κ1) is 13.7. The second kappa shape index (κ2) is 4.76. The first-order valence-electron chi connectivity index (χ1n) is 5.95. The maximum absolute atomic E-state index is 14.0. The predicted molar refractivity (Wildman–Crippen MR) is 66.5 cm³/mol. The third kappa shape index (κ3) is 2.02. The van der Waals surface area contributed by atoms with Crippen molar-refractivity contribution in [2.24, 2.45) is 11.8 Å². The van der Waals surface area contributed by atoms with E-state index in [0.717, 1.165) is 12.1 Å². The van der Waals surface area contributed by atoms with Crippen LogP contribution >= 0.6 is 11.6 Å². The minimum absolute atomic E-state index is 0.00779. The Bertz CT molecular complexity index is 433. The number of halogens is 3. The normalized spacial score (nSPS) is 32.6.